The molecule has 1 aliphatic rings. The standard InChI is InChI=1S/C19H21F3N4O/c1-23-18(27)15-11-26(12-15)10-14-4-2-13(3-5-14)9-25-17-8-16(6-7-24-17)19(20,21)22/h2-8,15H,9-12H2,1H3,(H,23,27)(H,24,25). The molecule has 5 nitrogen and oxygen atoms in total. The molecule has 2 aromatic rings. The molecule has 8 heteroatoms. The summed E-state index contributed by atoms with van der Waals surface area (Å²) in [6.45, 7) is 2.67. The Labute approximate surface area is 155 Å². The molecule has 1 saturated heterocycles. The van der Waals surface area contributed by atoms with Crippen LogP contribution in [-0.2, 0) is 24.1 Å². The van der Waals surface area contributed by atoms with Crippen molar-refractivity contribution in [1.82, 2.24) is 15.2 Å². The number of pyridine rings is 1. The molecular formula is C19H21F3N4O. The second-order valence-corrected chi connectivity index (χ2v) is 6.60. The lowest BCUT2D eigenvalue weighted by atomic mass is 9.98. The number of nitrogens with zero attached hydrogens (tertiary/aromatic N) is 2. The van der Waals surface area contributed by atoms with Crippen molar-refractivity contribution in [2.75, 3.05) is 25.5 Å². The van der Waals surface area contributed by atoms with Crippen LogP contribution >= 0.6 is 0 Å². The van der Waals surface area contributed by atoms with Gasteiger partial charge in [0.1, 0.15) is 5.82 Å². The number of carbonyl (C=O) groups excluding carboxylic acids is 1. The second kappa shape index (κ2) is 7.96. The van der Waals surface area contributed by atoms with Gasteiger partial charge in [0.15, 0.2) is 0 Å². The lowest BCUT2D eigenvalue weighted by Gasteiger charge is -2.38. The molecule has 2 heterocycles. The Bertz CT molecular complexity index is 786. The van der Waals surface area contributed by atoms with E-state index in [1.165, 1.54) is 0 Å². The van der Waals surface area contributed by atoms with Crippen molar-refractivity contribution in [3.63, 3.8) is 0 Å². The quantitative estimate of drug-likeness (QED) is 0.812. The van der Waals surface area contributed by atoms with Crippen LogP contribution in [0.3, 0.4) is 0 Å². The van der Waals surface area contributed by atoms with Crippen molar-refractivity contribution in [2.24, 2.45) is 5.92 Å². The molecule has 0 saturated carbocycles. The number of hydrogen-bond acceptors (Lipinski definition) is 4. The van der Waals surface area contributed by atoms with Crippen LogP contribution in [0, 0.1) is 5.92 Å². The van der Waals surface area contributed by atoms with Gasteiger partial charge in [-0.05, 0) is 23.3 Å². The van der Waals surface area contributed by atoms with Gasteiger partial charge in [-0.2, -0.15) is 13.2 Å². The molecule has 27 heavy (non-hydrogen) atoms. The Morgan fingerprint density at radius 3 is 2.48 bits per heavy atom. The number of nitrogens with one attached hydrogen (secondary N) is 2. The first-order chi connectivity index (χ1) is 12.8. The van der Waals surface area contributed by atoms with Gasteiger partial charge >= 0.3 is 6.18 Å². The molecule has 1 aliphatic heterocycles. The minimum atomic E-state index is -4.38. The minimum absolute atomic E-state index is 0.0680. The Kier molecular flexibility index (Phi) is 5.65. The zero-order valence-corrected chi connectivity index (χ0v) is 14.9. The summed E-state index contributed by atoms with van der Waals surface area (Å²) in [4.78, 5) is 17.6. The summed E-state index contributed by atoms with van der Waals surface area (Å²) in [7, 11) is 1.65. The molecular weight excluding hydrogens is 357 g/mol. The third-order valence-electron chi connectivity index (χ3n) is 4.56. The van der Waals surface area contributed by atoms with Gasteiger partial charge in [0.2, 0.25) is 5.91 Å². The molecule has 3 rings (SSSR count). The first kappa shape index (κ1) is 19.2. The van der Waals surface area contributed by atoms with Gasteiger partial charge in [0.25, 0.3) is 0 Å². The summed E-state index contributed by atoms with van der Waals surface area (Å²) in [5.74, 6) is 0.337. The van der Waals surface area contributed by atoms with Gasteiger partial charge in [-0.15, -0.1) is 0 Å². The highest BCUT2D eigenvalue weighted by Gasteiger charge is 2.32. The fourth-order valence-corrected chi connectivity index (χ4v) is 2.99. The molecule has 1 fully saturated rings. The number of halogens is 3. The van der Waals surface area contributed by atoms with Crippen molar-refractivity contribution in [3.05, 3.63) is 59.3 Å². The normalized spacial score (nSPS) is 15.3. The zero-order valence-electron chi connectivity index (χ0n) is 14.9. The Morgan fingerprint density at radius 1 is 1.19 bits per heavy atom. The Balaban J connectivity index is 1.49. The van der Waals surface area contributed by atoms with Crippen LogP contribution in [0.4, 0.5) is 19.0 Å². The first-order valence-corrected chi connectivity index (χ1v) is 8.64. The summed E-state index contributed by atoms with van der Waals surface area (Å²) in [5, 5.41) is 5.57. The monoisotopic (exact) mass is 378 g/mol. The van der Waals surface area contributed by atoms with Gasteiger partial charge in [-0.25, -0.2) is 4.98 Å². The first-order valence-electron chi connectivity index (χ1n) is 8.64. The number of alkyl halides is 3. The topological polar surface area (TPSA) is 57.3 Å². The van der Waals surface area contributed by atoms with E-state index in [9.17, 15) is 18.0 Å². The predicted octanol–water partition coefficient (Wildman–Crippen LogP) is 2.89. The molecule has 0 bridgehead atoms. The Hall–Kier alpha value is -2.61. The summed E-state index contributed by atoms with van der Waals surface area (Å²) < 4.78 is 38.2. The number of carbonyl (C=O) groups is 1. The maximum atomic E-state index is 12.7. The van der Waals surface area contributed by atoms with Crippen molar-refractivity contribution >= 4 is 11.7 Å². The number of anilines is 1. The van der Waals surface area contributed by atoms with Crippen molar-refractivity contribution < 1.29 is 18.0 Å². The molecule has 1 amide bonds. The average Bonchev–Trinajstić information content (AvgIpc) is 2.62. The minimum Gasteiger partial charge on any atom is -0.366 e. The molecule has 0 spiro atoms. The van der Waals surface area contributed by atoms with Crippen molar-refractivity contribution in [3.8, 4) is 0 Å². The van der Waals surface area contributed by atoms with E-state index in [4.69, 9.17) is 0 Å². The van der Waals surface area contributed by atoms with E-state index in [2.05, 4.69) is 20.5 Å². The lowest BCUT2D eigenvalue weighted by Crippen LogP contribution is -2.52. The second-order valence-electron chi connectivity index (χ2n) is 6.60. The summed E-state index contributed by atoms with van der Waals surface area (Å²) in [5.41, 5.74) is 1.36. The summed E-state index contributed by atoms with van der Waals surface area (Å²) >= 11 is 0. The van der Waals surface area contributed by atoms with Gasteiger partial charge in [0.05, 0.1) is 11.5 Å². The number of likely N-dealkylation sites (tertiary alicyclic amines) is 1. The number of amides is 1. The third kappa shape index (κ3) is 4.97. The van der Waals surface area contributed by atoms with E-state index in [-0.39, 0.29) is 17.6 Å². The molecule has 0 radical (unpaired) electrons. The van der Waals surface area contributed by atoms with Crippen LogP contribution < -0.4 is 10.6 Å². The van der Waals surface area contributed by atoms with Gasteiger partial charge in [-0.1, -0.05) is 24.3 Å². The Morgan fingerprint density at radius 2 is 1.85 bits per heavy atom. The fraction of sp³-hybridized carbons (Fsp3) is 0.368. The fourth-order valence-electron chi connectivity index (χ4n) is 2.99. The number of aromatic nitrogens is 1. The summed E-state index contributed by atoms with van der Waals surface area (Å²) in [6.07, 6.45) is -3.23. The molecule has 1 aromatic carbocycles. The molecule has 1 aromatic heterocycles. The highest BCUT2D eigenvalue weighted by Crippen LogP contribution is 2.30. The highest BCUT2D eigenvalue weighted by molar-refractivity contribution is 5.79. The van der Waals surface area contributed by atoms with Crippen LogP contribution in [0.5, 0.6) is 0 Å². The van der Waals surface area contributed by atoms with Gasteiger partial charge in [-0.3, -0.25) is 9.69 Å². The van der Waals surface area contributed by atoms with Crippen LogP contribution in [0.1, 0.15) is 16.7 Å². The van der Waals surface area contributed by atoms with Crippen LogP contribution in [0.25, 0.3) is 0 Å². The molecule has 0 unspecified atom stereocenters. The smallest absolute Gasteiger partial charge is 0.366 e. The van der Waals surface area contributed by atoms with Crippen molar-refractivity contribution in [1.29, 1.82) is 0 Å². The predicted molar refractivity (Wildman–Crippen MR) is 95.8 cm³/mol. The van der Waals surface area contributed by atoms with Gasteiger partial charge < -0.3 is 10.6 Å². The zero-order chi connectivity index (χ0) is 19.4. The van der Waals surface area contributed by atoms with E-state index in [1.807, 2.05) is 24.3 Å². The maximum absolute atomic E-state index is 12.7. The van der Waals surface area contributed by atoms with E-state index < -0.39 is 11.7 Å². The highest BCUT2D eigenvalue weighted by atomic mass is 19.4. The molecule has 2 N–H and O–H groups in total. The SMILES string of the molecule is CNC(=O)C1CN(Cc2ccc(CNc3cc(C(F)(F)F)ccn3)cc2)C1. The van der Waals surface area contributed by atoms with E-state index in [0.29, 0.717) is 6.54 Å². The molecule has 0 atom stereocenters. The lowest BCUT2D eigenvalue weighted by molar-refractivity contribution is -0.137. The van der Waals surface area contributed by atoms with Crippen LogP contribution in [0.2, 0.25) is 0 Å². The average molecular weight is 378 g/mol. The largest absolute Gasteiger partial charge is 0.416 e. The van der Waals surface area contributed by atoms with Crippen molar-refractivity contribution in [2.45, 2.75) is 19.3 Å². The molecule has 144 valence electrons. The van der Waals surface area contributed by atoms with Gasteiger partial charge in [0, 0.05) is 39.4 Å². The number of benzene rings is 1. The van der Waals surface area contributed by atoms with Crippen LogP contribution in [0.15, 0.2) is 42.6 Å². The maximum Gasteiger partial charge on any atom is 0.416 e. The van der Waals surface area contributed by atoms with E-state index in [1.54, 1.807) is 7.05 Å². The van der Waals surface area contributed by atoms with E-state index >= 15 is 0 Å². The number of rotatable bonds is 6. The third-order valence-corrected chi connectivity index (χ3v) is 4.56. The molecule has 0 aliphatic carbocycles. The number of hydrogen-bond donors (Lipinski definition) is 2. The summed E-state index contributed by atoms with van der Waals surface area (Å²) in [6, 6.07) is 9.80. The van der Waals surface area contributed by atoms with E-state index in [0.717, 1.165) is 49.1 Å². The van der Waals surface area contributed by atoms with Crippen LogP contribution in [-0.4, -0.2) is 35.9 Å².